The van der Waals surface area contributed by atoms with E-state index in [9.17, 15) is 9.59 Å². The van der Waals surface area contributed by atoms with E-state index in [-0.39, 0.29) is 17.9 Å². The van der Waals surface area contributed by atoms with Gasteiger partial charge < -0.3 is 15.5 Å². The fourth-order valence-electron chi connectivity index (χ4n) is 5.44. The SMILES string of the molecule is O=C(NC1CCCC1)N1C[C@@H]2CC[C@]3(N=C(c4ccccc4)NC3=O)[C@@H]2C1. The van der Waals surface area contributed by atoms with Gasteiger partial charge in [-0.2, -0.15) is 0 Å². The van der Waals surface area contributed by atoms with Gasteiger partial charge in [0.15, 0.2) is 0 Å². The molecule has 0 aromatic heterocycles. The molecule has 0 bridgehead atoms. The molecule has 3 atom stereocenters. The summed E-state index contributed by atoms with van der Waals surface area (Å²) in [5.74, 6) is 1.17. The minimum absolute atomic E-state index is 0.00639. The van der Waals surface area contributed by atoms with Crippen LogP contribution in [0.15, 0.2) is 35.3 Å². The highest BCUT2D eigenvalue weighted by Crippen LogP contribution is 2.49. The van der Waals surface area contributed by atoms with Crippen molar-refractivity contribution in [2.75, 3.05) is 13.1 Å². The lowest BCUT2D eigenvalue weighted by Crippen LogP contribution is -2.47. The van der Waals surface area contributed by atoms with E-state index in [1.807, 2.05) is 35.2 Å². The number of fused-ring (bicyclic) bond motifs is 2. The quantitative estimate of drug-likeness (QED) is 0.843. The van der Waals surface area contributed by atoms with E-state index in [1.54, 1.807) is 0 Å². The van der Waals surface area contributed by atoms with E-state index in [0.717, 1.165) is 37.8 Å². The maximum absolute atomic E-state index is 12.9. The number of hydrogen-bond acceptors (Lipinski definition) is 3. The van der Waals surface area contributed by atoms with Crippen LogP contribution in [-0.4, -0.2) is 47.3 Å². The van der Waals surface area contributed by atoms with Gasteiger partial charge in [0.1, 0.15) is 11.4 Å². The Bertz CT molecular complexity index is 787. The summed E-state index contributed by atoms with van der Waals surface area (Å²) in [6.45, 7) is 1.37. The minimum Gasteiger partial charge on any atom is -0.335 e. The Morgan fingerprint density at radius 3 is 2.70 bits per heavy atom. The van der Waals surface area contributed by atoms with Crippen molar-refractivity contribution in [3.8, 4) is 0 Å². The Kier molecular flexibility index (Phi) is 3.95. The first-order valence-electron chi connectivity index (χ1n) is 10.2. The Balaban J connectivity index is 1.34. The second-order valence-electron chi connectivity index (χ2n) is 8.45. The molecule has 2 N–H and O–H groups in total. The zero-order chi connectivity index (χ0) is 18.4. The highest BCUT2D eigenvalue weighted by molar-refractivity contribution is 6.15. The molecular weight excluding hydrogens is 340 g/mol. The first-order valence-corrected chi connectivity index (χ1v) is 10.2. The fourth-order valence-corrected chi connectivity index (χ4v) is 5.44. The average Bonchev–Trinajstić information content (AvgIpc) is 3.43. The van der Waals surface area contributed by atoms with Gasteiger partial charge in [0.2, 0.25) is 0 Å². The lowest BCUT2D eigenvalue weighted by molar-refractivity contribution is -0.124. The number of amides is 3. The third kappa shape index (κ3) is 2.73. The van der Waals surface area contributed by atoms with Crippen molar-refractivity contribution in [1.82, 2.24) is 15.5 Å². The summed E-state index contributed by atoms with van der Waals surface area (Å²) in [7, 11) is 0. The summed E-state index contributed by atoms with van der Waals surface area (Å²) in [4.78, 5) is 32.4. The molecule has 0 radical (unpaired) electrons. The molecule has 3 fully saturated rings. The number of amidine groups is 1. The molecule has 2 saturated carbocycles. The van der Waals surface area contributed by atoms with Gasteiger partial charge in [-0.05, 0) is 31.6 Å². The van der Waals surface area contributed by atoms with Gasteiger partial charge in [-0.25, -0.2) is 4.79 Å². The summed E-state index contributed by atoms with van der Waals surface area (Å²) >= 11 is 0. The number of nitrogens with one attached hydrogen (secondary N) is 2. The summed E-state index contributed by atoms with van der Waals surface area (Å²) in [5, 5.41) is 6.20. The molecular formula is C21H26N4O2. The minimum atomic E-state index is -0.696. The number of aliphatic imine (C=N–C) groups is 1. The molecule has 142 valence electrons. The second-order valence-corrected chi connectivity index (χ2v) is 8.45. The van der Waals surface area contributed by atoms with E-state index < -0.39 is 5.54 Å². The summed E-state index contributed by atoms with van der Waals surface area (Å²) in [6.07, 6.45) is 6.32. The zero-order valence-corrected chi connectivity index (χ0v) is 15.5. The second kappa shape index (κ2) is 6.36. The number of urea groups is 1. The van der Waals surface area contributed by atoms with Gasteiger partial charge in [0.25, 0.3) is 5.91 Å². The van der Waals surface area contributed by atoms with Crippen LogP contribution in [0.4, 0.5) is 4.79 Å². The highest BCUT2D eigenvalue weighted by atomic mass is 16.2. The Morgan fingerprint density at radius 1 is 1.15 bits per heavy atom. The third-order valence-corrected chi connectivity index (χ3v) is 6.90. The topological polar surface area (TPSA) is 73.8 Å². The number of likely N-dealkylation sites (tertiary alicyclic amines) is 1. The standard InChI is InChI=1S/C21H26N4O2/c26-19-21(24-18(23-19)14-6-2-1-3-7-14)11-10-15-12-25(13-17(15)21)20(27)22-16-8-4-5-9-16/h1-3,6-7,15-17H,4-5,8-13H2,(H,22,27)(H,23,24,26)/t15-,17+,21-/m0/s1. The van der Waals surface area contributed by atoms with E-state index in [1.165, 1.54) is 12.8 Å². The van der Waals surface area contributed by atoms with Gasteiger partial charge in [-0.3, -0.25) is 9.79 Å². The molecule has 2 heterocycles. The van der Waals surface area contributed by atoms with Crippen LogP contribution in [0.2, 0.25) is 0 Å². The molecule has 3 amide bonds. The van der Waals surface area contributed by atoms with Crippen molar-refractivity contribution in [3.63, 3.8) is 0 Å². The summed E-state index contributed by atoms with van der Waals surface area (Å²) < 4.78 is 0. The molecule has 6 nitrogen and oxygen atoms in total. The average molecular weight is 366 g/mol. The number of benzene rings is 1. The Morgan fingerprint density at radius 2 is 1.93 bits per heavy atom. The molecule has 5 rings (SSSR count). The molecule has 1 aromatic rings. The maximum Gasteiger partial charge on any atom is 0.317 e. The van der Waals surface area contributed by atoms with Gasteiger partial charge in [-0.1, -0.05) is 43.2 Å². The fraction of sp³-hybridized carbons (Fsp3) is 0.571. The van der Waals surface area contributed by atoms with Gasteiger partial charge in [0.05, 0.1) is 0 Å². The highest BCUT2D eigenvalue weighted by Gasteiger charge is 2.59. The molecule has 1 aromatic carbocycles. The van der Waals surface area contributed by atoms with Crippen molar-refractivity contribution in [2.45, 2.75) is 50.1 Å². The van der Waals surface area contributed by atoms with E-state index >= 15 is 0 Å². The van der Waals surface area contributed by atoms with Crippen LogP contribution in [-0.2, 0) is 4.79 Å². The molecule has 4 aliphatic rings. The van der Waals surface area contributed by atoms with E-state index in [4.69, 9.17) is 4.99 Å². The first kappa shape index (κ1) is 16.8. The zero-order valence-electron chi connectivity index (χ0n) is 15.5. The van der Waals surface area contributed by atoms with Crippen LogP contribution in [0.1, 0.15) is 44.1 Å². The largest absolute Gasteiger partial charge is 0.335 e. The number of carbonyl (C=O) groups excluding carboxylic acids is 2. The number of rotatable bonds is 2. The van der Waals surface area contributed by atoms with Crippen molar-refractivity contribution in [3.05, 3.63) is 35.9 Å². The summed E-state index contributed by atoms with van der Waals surface area (Å²) in [6, 6.07) is 10.2. The van der Waals surface area contributed by atoms with Gasteiger partial charge in [-0.15, -0.1) is 0 Å². The van der Waals surface area contributed by atoms with Crippen LogP contribution < -0.4 is 10.6 Å². The van der Waals surface area contributed by atoms with Crippen LogP contribution in [0, 0.1) is 11.8 Å². The molecule has 27 heavy (non-hydrogen) atoms. The van der Waals surface area contributed by atoms with Crippen LogP contribution >= 0.6 is 0 Å². The van der Waals surface area contributed by atoms with Crippen molar-refractivity contribution >= 4 is 17.8 Å². The lowest BCUT2D eigenvalue weighted by atomic mass is 9.85. The van der Waals surface area contributed by atoms with Gasteiger partial charge >= 0.3 is 6.03 Å². The third-order valence-electron chi connectivity index (χ3n) is 6.90. The van der Waals surface area contributed by atoms with E-state index in [2.05, 4.69) is 10.6 Å². The van der Waals surface area contributed by atoms with Gasteiger partial charge in [0, 0.05) is 30.6 Å². The molecule has 0 unspecified atom stereocenters. The number of hydrogen-bond donors (Lipinski definition) is 2. The molecule has 1 spiro atoms. The maximum atomic E-state index is 12.9. The molecule has 6 heteroatoms. The first-order chi connectivity index (χ1) is 13.2. The smallest absolute Gasteiger partial charge is 0.317 e. The van der Waals surface area contributed by atoms with E-state index in [0.29, 0.717) is 24.3 Å². The van der Waals surface area contributed by atoms with Crippen LogP contribution in [0.5, 0.6) is 0 Å². The number of carbonyl (C=O) groups is 2. The number of nitrogens with zero attached hydrogens (tertiary/aromatic N) is 2. The molecule has 2 aliphatic carbocycles. The summed E-state index contributed by atoms with van der Waals surface area (Å²) in [5.41, 5.74) is 0.248. The Labute approximate surface area is 159 Å². The van der Waals surface area contributed by atoms with Crippen LogP contribution in [0.25, 0.3) is 0 Å². The Hall–Kier alpha value is -2.37. The van der Waals surface area contributed by atoms with Crippen molar-refractivity contribution in [2.24, 2.45) is 16.8 Å². The molecule has 1 saturated heterocycles. The van der Waals surface area contributed by atoms with Crippen molar-refractivity contribution < 1.29 is 9.59 Å². The molecule has 2 aliphatic heterocycles. The normalized spacial score (nSPS) is 32.7. The van der Waals surface area contributed by atoms with Crippen LogP contribution in [0.3, 0.4) is 0 Å². The predicted molar refractivity (Wildman–Crippen MR) is 102 cm³/mol. The monoisotopic (exact) mass is 366 g/mol. The van der Waals surface area contributed by atoms with Crippen molar-refractivity contribution in [1.29, 1.82) is 0 Å². The predicted octanol–water partition coefficient (Wildman–Crippen LogP) is 2.30. The lowest BCUT2D eigenvalue weighted by Gasteiger charge is -2.26.